The number of ether oxygens (including phenoxy) is 2. The summed E-state index contributed by atoms with van der Waals surface area (Å²) in [7, 11) is 3.61. The maximum absolute atomic E-state index is 13.6. The highest BCUT2D eigenvalue weighted by atomic mass is 35.5. The van der Waals surface area contributed by atoms with E-state index in [1.807, 2.05) is 31.3 Å². The zero-order chi connectivity index (χ0) is 25.0. The maximum atomic E-state index is 13.6. The third-order valence-electron chi connectivity index (χ3n) is 6.76. The number of aryl methyl sites for hydroxylation is 1. The van der Waals surface area contributed by atoms with Crippen LogP contribution in [-0.2, 0) is 25.0 Å². The SMILES string of the molecule is CN(C(=O)c1cc2c3c(c(N)nc2cc1Cl)COC3)[C@@H]1COc2cc(C#Cc3ccnn3C)ccc21. The molecular formula is C27H22ClN5O3. The van der Waals surface area contributed by atoms with Crippen molar-refractivity contribution in [3.05, 3.63) is 81.1 Å². The number of benzene rings is 2. The molecule has 180 valence electrons. The molecule has 2 aromatic heterocycles. The second-order valence-corrected chi connectivity index (χ2v) is 9.29. The minimum absolute atomic E-state index is 0.201. The lowest BCUT2D eigenvalue weighted by molar-refractivity contribution is 0.0709. The summed E-state index contributed by atoms with van der Waals surface area (Å²) in [6, 6.07) is 10.9. The summed E-state index contributed by atoms with van der Waals surface area (Å²) in [6.07, 6.45) is 1.71. The predicted molar refractivity (Wildman–Crippen MR) is 136 cm³/mol. The first kappa shape index (κ1) is 22.4. The molecule has 0 spiro atoms. The van der Waals surface area contributed by atoms with Gasteiger partial charge in [-0.15, -0.1) is 0 Å². The Bertz CT molecular complexity index is 1620. The number of amides is 1. The molecule has 36 heavy (non-hydrogen) atoms. The van der Waals surface area contributed by atoms with Gasteiger partial charge in [-0.3, -0.25) is 9.48 Å². The number of hydrogen-bond acceptors (Lipinski definition) is 6. The largest absolute Gasteiger partial charge is 0.491 e. The van der Waals surface area contributed by atoms with Crippen LogP contribution in [-0.4, -0.2) is 39.2 Å². The molecule has 6 rings (SSSR count). The van der Waals surface area contributed by atoms with E-state index in [1.54, 1.807) is 35.0 Å². The first-order valence-corrected chi connectivity index (χ1v) is 11.8. The van der Waals surface area contributed by atoms with Crippen LogP contribution in [0.4, 0.5) is 5.82 Å². The molecule has 2 aliphatic heterocycles. The molecule has 9 heteroatoms. The molecule has 2 N–H and O–H groups in total. The Morgan fingerprint density at radius 2 is 2.03 bits per heavy atom. The van der Waals surface area contributed by atoms with Crippen molar-refractivity contribution in [3.8, 4) is 17.6 Å². The van der Waals surface area contributed by atoms with Gasteiger partial charge in [-0.2, -0.15) is 5.10 Å². The van der Waals surface area contributed by atoms with Crippen LogP contribution in [0.25, 0.3) is 10.9 Å². The number of likely N-dealkylation sites (N-methyl/N-ethyl adjacent to an activating group) is 1. The van der Waals surface area contributed by atoms with Gasteiger partial charge in [0.15, 0.2) is 0 Å². The van der Waals surface area contributed by atoms with E-state index in [-0.39, 0.29) is 11.9 Å². The monoisotopic (exact) mass is 499 g/mol. The van der Waals surface area contributed by atoms with E-state index >= 15 is 0 Å². The van der Waals surface area contributed by atoms with Crippen LogP contribution in [0.3, 0.4) is 0 Å². The Balaban J connectivity index is 1.29. The number of nitrogens with two attached hydrogens (primary N) is 1. The van der Waals surface area contributed by atoms with Crippen LogP contribution in [0.2, 0.25) is 5.02 Å². The molecule has 0 saturated carbocycles. The Kier molecular flexibility index (Phi) is 5.32. The van der Waals surface area contributed by atoms with Gasteiger partial charge >= 0.3 is 0 Å². The second kappa shape index (κ2) is 8.55. The first-order valence-electron chi connectivity index (χ1n) is 11.4. The standard InChI is InChI=1S/C27H22ClN5O3/c1-32(24-14-36-25-9-15(4-6-17(24)25)3-5-16-7-8-30-33(16)2)27(34)19-10-18-20-12-35-13-21(20)26(29)31-23(18)11-22(19)28/h4,6-11,24H,12-14H2,1-2H3,(H2,29,31)/t24-/m1/s1. The van der Waals surface area contributed by atoms with Crippen LogP contribution < -0.4 is 10.5 Å². The summed E-state index contributed by atoms with van der Waals surface area (Å²) in [4.78, 5) is 19.7. The predicted octanol–water partition coefficient (Wildman–Crippen LogP) is 3.84. The van der Waals surface area contributed by atoms with Crippen molar-refractivity contribution < 1.29 is 14.3 Å². The number of nitrogen functional groups attached to an aromatic ring is 1. The van der Waals surface area contributed by atoms with Crippen molar-refractivity contribution in [2.45, 2.75) is 19.3 Å². The van der Waals surface area contributed by atoms with E-state index in [0.717, 1.165) is 39.1 Å². The topological polar surface area (TPSA) is 95.5 Å². The van der Waals surface area contributed by atoms with E-state index < -0.39 is 0 Å². The molecule has 0 aliphatic carbocycles. The number of rotatable bonds is 2. The summed E-state index contributed by atoms with van der Waals surface area (Å²) in [5, 5.41) is 5.28. The smallest absolute Gasteiger partial charge is 0.255 e. The van der Waals surface area contributed by atoms with Gasteiger partial charge in [-0.05, 0) is 41.8 Å². The first-order chi connectivity index (χ1) is 17.4. The van der Waals surface area contributed by atoms with Crippen LogP contribution in [0.5, 0.6) is 5.75 Å². The van der Waals surface area contributed by atoms with Gasteiger partial charge in [0.25, 0.3) is 5.91 Å². The minimum atomic E-state index is -0.253. The molecule has 2 aliphatic rings. The summed E-state index contributed by atoms with van der Waals surface area (Å²) in [6.45, 7) is 1.20. The van der Waals surface area contributed by atoms with Crippen molar-refractivity contribution >= 4 is 34.2 Å². The third-order valence-corrected chi connectivity index (χ3v) is 7.07. The molecule has 0 fully saturated rings. The second-order valence-electron chi connectivity index (χ2n) is 8.88. The fraction of sp³-hybridized carbons (Fsp3) is 0.222. The Hall–Kier alpha value is -4.06. The number of halogens is 1. The molecule has 0 radical (unpaired) electrons. The lowest BCUT2D eigenvalue weighted by atomic mass is 10.0. The molecule has 1 amide bonds. The molecule has 4 aromatic rings. The van der Waals surface area contributed by atoms with Crippen LogP contribution in [0.15, 0.2) is 42.6 Å². The fourth-order valence-electron chi connectivity index (χ4n) is 4.71. The number of pyridine rings is 1. The highest BCUT2D eigenvalue weighted by molar-refractivity contribution is 6.34. The quantitative estimate of drug-likeness (QED) is 0.421. The summed E-state index contributed by atoms with van der Waals surface area (Å²) < 4.78 is 13.2. The minimum Gasteiger partial charge on any atom is -0.491 e. The number of aromatic nitrogens is 3. The molecule has 4 heterocycles. The lowest BCUT2D eigenvalue weighted by Crippen LogP contribution is -2.32. The number of anilines is 1. The van der Waals surface area contributed by atoms with Crippen LogP contribution in [0, 0.1) is 11.8 Å². The number of hydrogen-bond donors (Lipinski definition) is 1. The Labute approximate surface area is 212 Å². The molecule has 2 aromatic carbocycles. The van der Waals surface area contributed by atoms with Gasteiger partial charge in [0.05, 0.1) is 41.6 Å². The number of fused-ring (bicyclic) bond motifs is 4. The van der Waals surface area contributed by atoms with E-state index in [0.29, 0.717) is 41.7 Å². The Morgan fingerprint density at radius 1 is 1.19 bits per heavy atom. The highest BCUT2D eigenvalue weighted by Crippen LogP contribution is 2.38. The fourth-order valence-corrected chi connectivity index (χ4v) is 4.95. The summed E-state index contributed by atoms with van der Waals surface area (Å²) >= 11 is 6.55. The van der Waals surface area contributed by atoms with Crippen LogP contribution in [0.1, 0.15) is 44.3 Å². The van der Waals surface area contributed by atoms with E-state index in [9.17, 15) is 4.79 Å². The maximum Gasteiger partial charge on any atom is 0.255 e. The average molecular weight is 500 g/mol. The molecule has 0 saturated heterocycles. The van der Waals surface area contributed by atoms with Crippen molar-refractivity contribution in [1.82, 2.24) is 19.7 Å². The van der Waals surface area contributed by atoms with E-state index in [2.05, 4.69) is 21.9 Å². The van der Waals surface area contributed by atoms with Gasteiger partial charge in [-0.25, -0.2) is 4.98 Å². The number of nitrogens with zero attached hydrogens (tertiary/aromatic N) is 4. The van der Waals surface area contributed by atoms with Gasteiger partial charge in [0, 0.05) is 36.2 Å². The lowest BCUT2D eigenvalue weighted by Gasteiger charge is -2.24. The number of carbonyl (C=O) groups is 1. The van der Waals surface area contributed by atoms with Crippen molar-refractivity contribution in [3.63, 3.8) is 0 Å². The van der Waals surface area contributed by atoms with Crippen molar-refractivity contribution in [2.24, 2.45) is 7.05 Å². The van der Waals surface area contributed by atoms with E-state index in [1.165, 1.54) is 0 Å². The molecule has 8 nitrogen and oxygen atoms in total. The van der Waals surface area contributed by atoms with Gasteiger partial charge in [0.1, 0.15) is 23.9 Å². The van der Waals surface area contributed by atoms with Gasteiger partial charge < -0.3 is 20.1 Å². The zero-order valence-corrected chi connectivity index (χ0v) is 20.5. The molecule has 0 bridgehead atoms. The van der Waals surface area contributed by atoms with Gasteiger partial charge in [-0.1, -0.05) is 23.6 Å². The summed E-state index contributed by atoms with van der Waals surface area (Å²) in [5.41, 5.74) is 11.5. The van der Waals surface area contributed by atoms with Crippen molar-refractivity contribution in [2.75, 3.05) is 19.4 Å². The normalized spacial score (nSPS) is 15.7. The van der Waals surface area contributed by atoms with Crippen LogP contribution >= 0.6 is 11.6 Å². The Morgan fingerprint density at radius 3 is 2.83 bits per heavy atom. The summed E-state index contributed by atoms with van der Waals surface area (Å²) in [5.74, 6) is 7.21. The van der Waals surface area contributed by atoms with Gasteiger partial charge in [0.2, 0.25) is 0 Å². The number of carbonyl (C=O) groups excluding carboxylic acids is 1. The molecule has 1 atom stereocenters. The average Bonchev–Trinajstić information content (AvgIpc) is 3.61. The van der Waals surface area contributed by atoms with Crippen molar-refractivity contribution in [1.29, 1.82) is 0 Å². The van der Waals surface area contributed by atoms with E-state index in [4.69, 9.17) is 26.8 Å². The highest BCUT2D eigenvalue weighted by Gasteiger charge is 2.32. The molecular weight excluding hydrogens is 478 g/mol. The molecule has 0 unspecified atom stereocenters. The third kappa shape index (κ3) is 3.65. The zero-order valence-electron chi connectivity index (χ0n) is 19.7.